The number of likely N-dealkylation sites (N-methyl/N-ethyl adjacent to an activating group) is 2. The Labute approximate surface area is 194 Å². The Bertz CT molecular complexity index is 1210. The first-order valence-corrected chi connectivity index (χ1v) is 11.2. The van der Waals surface area contributed by atoms with Crippen LogP contribution in [0.4, 0.5) is 4.39 Å². The van der Waals surface area contributed by atoms with Gasteiger partial charge < -0.3 is 19.1 Å². The van der Waals surface area contributed by atoms with E-state index < -0.39 is 0 Å². The molecule has 0 saturated heterocycles. The van der Waals surface area contributed by atoms with Gasteiger partial charge in [-0.15, -0.1) is 0 Å². The molecule has 0 unspecified atom stereocenters. The van der Waals surface area contributed by atoms with E-state index in [4.69, 9.17) is 4.74 Å². The van der Waals surface area contributed by atoms with E-state index in [1.54, 1.807) is 40.3 Å². The minimum atomic E-state index is -0.372. The highest BCUT2D eigenvalue weighted by Gasteiger charge is 2.29. The molecular weight excluding hydrogens is 423 g/mol. The van der Waals surface area contributed by atoms with Crippen molar-refractivity contribution in [2.45, 2.75) is 33.3 Å². The van der Waals surface area contributed by atoms with Gasteiger partial charge in [-0.1, -0.05) is 6.92 Å². The zero-order chi connectivity index (χ0) is 24.4. The summed E-state index contributed by atoms with van der Waals surface area (Å²) in [5, 5.41) is 0.345. The van der Waals surface area contributed by atoms with Crippen LogP contribution in [0.5, 0.6) is 5.75 Å². The van der Waals surface area contributed by atoms with Crippen LogP contribution >= 0.6 is 0 Å². The predicted molar refractivity (Wildman–Crippen MR) is 129 cm³/mol. The minimum Gasteiger partial charge on any atom is -0.488 e. The van der Waals surface area contributed by atoms with E-state index in [2.05, 4.69) is 0 Å². The number of carbonyl (C=O) groups is 1. The predicted octanol–water partition coefficient (Wildman–Crippen LogP) is 3.45. The van der Waals surface area contributed by atoms with Crippen molar-refractivity contribution < 1.29 is 13.9 Å². The zero-order valence-corrected chi connectivity index (χ0v) is 20.5. The summed E-state index contributed by atoms with van der Waals surface area (Å²) in [6, 6.07) is 7.72. The highest BCUT2D eigenvalue weighted by molar-refractivity contribution is 6.04. The van der Waals surface area contributed by atoms with Crippen molar-refractivity contribution in [1.29, 1.82) is 0 Å². The van der Waals surface area contributed by atoms with E-state index in [9.17, 15) is 14.0 Å². The van der Waals surface area contributed by atoms with Crippen LogP contribution in [0.3, 0.4) is 0 Å². The molecule has 0 saturated carbocycles. The van der Waals surface area contributed by atoms with Gasteiger partial charge >= 0.3 is 0 Å². The monoisotopic (exact) mass is 456 g/mol. The van der Waals surface area contributed by atoms with Gasteiger partial charge in [-0.05, 0) is 64.7 Å². The van der Waals surface area contributed by atoms with Crippen molar-refractivity contribution in [3.05, 3.63) is 57.9 Å². The van der Waals surface area contributed by atoms with Gasteiger partial charge in [0.25, 0.3) is 11.5 Å². The lowest BCUT2D eigenvalue weighted by molar-refractivity contribution is 0.0771. The molecular formula is C25H33FN4O3. The molecule has 7 nitrogen and oxygen atoms in total. The maximum absolute atomic E-state index is 13.8. The molecule has 2 aromatic heterocycles. The lowest BCUT2D eigenvalue weighted by atomic mass is 10.2. The summed E-state index contributed by atoms with van der Waals surface area (Å²) in [7, 11) is 7.43. The van der Waals surface area contributed by atoms with Crippen LogP contribution < -0.4 is 10.3 Å². The summed E-state index contributed by atoms with van der Waals surface area (Å²) in [6.07, 6.45) is 0.346. The molecule has 3 aromatic rings. The number of pyridine rings is 1. The van der Waals surface area contributed by atoms with Gasteiger partial charge in [0.2, 0.25) is 0 Å². The topological polar surface area (TPSA) is 59.7 Å². The summed E-state index contributed by atoms with van der Waals surface area (Å²) in [4.78, 5) is 30.9. The van der Waals surface area contributed by atoms with Crippen LogP contribution in [0.15, 0.2) is 35.1 Å². The van der Waals surface area contributed by atoms with E-state index in [1.165, 1.54) is 12.1 Å². The fourth-order valence-electron chi connectivity index (χ4n) is 3.87. The first kappa shape index (κ1) is 24.5. The average molecular weight is 457 g/mol. The third kappa shape index (κ3) is 4.80. The van der Waals surface area contributed by atoms with Crippen LogP contribution in [-0.4, -0.2) is 65.2 Å². The number of benzene rings is 1. The fraction of sp³-hybridized carbons (Fsp3) is 0.440. The smallest absolute Gasteiger partial charge is 0.274 e. The molecule has 0 N–H and O–H groups in total. The molecule has 1 amide bonds. The number of halogens is 1. The lowest BCUT2D eigenvalue weighted by Gasteiger charge is -2.21. The highest BCUT2D eigenvalue weighted by atomic mass is 19.1. The number of aromatic nitrogens is 2. The average Bonchev–Trinajstić information content (AvgIpc) is 3.03. The Morgan fingerprint density at radius 3 is 2.30 bits per heavy atom. The zero-order valence-electron chi connectivity index (χ0n) is 20.5. The van der Waals surface area contributed by atoms with Crippen LogP contribution in [-0.2, 0) is 13.5 Å². The van der Waals surface area contributed by atoms with Gasteiger partial charge in [-0.3, -0.25) is 14.2 Å². The SMILES string of the molecule is CCc1cc2c(c(OC(C)C)c(C(=O)N(C)CCN(C)C)n2C)c(=O)n1-c1ccc(F)cc1. The molecule has 0 fully saturated rings. The van der Waals surface area contributed by atoms with E-state index in [1.807, 2.05) is 45.8 Å². The molecule has 0 spiro atoms. The molecule has 0 aliphatic carbocycles. The Kier molecular flexibility index (Phi) is 7.27. The summed E-state index contributed by atoms with van der Waals surface area (Å²) >= 11 is 0. The van der Waals surface area contributed by atoms with Crippen molar-refractivity contribution in [1.82, 2.24) is 18.9 Å². The van der Waals surface area contributed by atoms with Crippen LogP contribution in [0.2, 0.25) is 0 Å². The van der Waals surface area contributed by atoms with E-state index in [-0.39, 0.29) is 29.1 Å². The molecule has 0 radical (unpaired) electrons. The number of ether oxygens (including phenoxy) is 1. The first-order chi connectivity index (χ1) is 15.6. The number of fused-ring (bicyclic) bond motifs is 1. The van der Waals surface area contributed by atoms with Crippen molar-refractivity contribution >= 4 is 16.8 Å². The molecule has 8 heteroatoms. The van der Waals surface area contributed by atoms with Gasteiger partial charge in [-0.25, -0.2) is 4.39 Å². The molecule has 0 bridgehead atoms. The third-order valence-electron chi connectivity index (χ3n) is 5.64. The largest absolute Gasteiger partial charge is 0.488 e. The Morgan fingerprint density at radius 1 is 1.12 bits per heavy atom. The van der Waals surface area contributed by atoms with Crippen LogP contribution in [0.1, 0.15) is 37.0 Å². The molecule has 0 atom stereocenters. The number of aryl methyl sites for hydroxylation is 2. The number of rotatable bonds is 8. The van der Waals surface area contributed by atoms with E-state index >= 15 is 0 Å². The van der Waals surface area contributed by atoms with Crippen molar-refractivity contribution in [2.75, 3.05) is 34.2 Å². The molecule has 0 aliphatic heterocycles. The van der Waals surface area contributed by atoms with Gasteiger partial charge in [0.15, 0.2) is 11.4 Å². The highest BCUT2D eigenvalue weighted by Crippen LogP contribution is 2.33. The number of nitrogens with zero attached hydrogens (tertiary/aromatic N) is 4. The van der Waals surface area contributed by atoms with Crippen LogP contribution in [0.25, 0.3) is 16.6 Å². The van der Waals surface area contributed by atoms with Gasteiger partial charge in [-0.2, -0.15) is 0 Å². The van der Waals surface area contributed by atoms with E-state index in [0.29, 0.717) is 41.8 Å². The first-order valence-electron chi connectivity index (χ1n) is 11.2. The normalized spacial score (nSPS) is 11.6. The molecule has 1 aromatic carbocycles. The number of carbonyl (C=O) groups excluding carboxylic acids is 1. The maximum atomic E-state index is 13.8. The lowest BCUT2D eigenvalue weighted by Crippen LogP contribution is -2.34. The molecule has 0 aliphatic rings. The summed E-state index contributed by atoms with van der Waals surface area (Å²) < 4.78 is 22.9. The second-order valence-corrected chi connectivity index (χ2v) is 8.80. The van der Waals surface area contributed by atoms with Crippen molar-refractivity contribution in [2.24, 2.45) is 7.05 Å². The number of amides is 1. The van der Waals surface area contributed by atoms with E-state index in [0.717, 1.165) is 5.69 Å². The second kappa shape index (κ2) is 9.79. The number of hydrogen-bond donors (Lipinski definition) is 0. The molecule has 2 heterocycles. The van der Waals surface area contributed by atoms with Crippen LogP contribution in [0, 0.1) is 5.82 Å². The fourth-order valence-corrected chi connectivity index (χ4v) is 3.87. The van der Waals surface area contributed by atoms with Gasteiger partial charge in [0.1, 0.15) is 11.2 Å². The second-order valence-electron chi connectivity index (χ2n) is 8.80. The minimum absolute atomic E-state index is 0.211. The molecule has 33 heavy (non-hydrogen) atoms. The summed E-state index contributed by atoms with van der Waals surface area (Å²) in [5.74, 6) is -0.298. The van der Waals surface area contributed by atoms with Gasteiger partial charge in [0.05, 0.1) is 11.6 Å². The Hall–Kier alpha value is -3.13. The molecule has 3 rings (SSSR count). The maximum Gasteiger partial charge on any atom is 0.274 e. The summed E-state index contributed by atoms with van der Waals surface area (Å²) in [5.41, 5.74) is 2.01. The molecule has 178 valence electrons. The number of hydrogen-bond acceptors (Lipinski definition) is 4. The third-order valence-corrected chi connectivity index (χ3v) is 5.64. The van der Waals surface area contributed by atoms with Crippen molar-refractivity contribution in [3.63, 3.8) is 0 Å². The standard InChI is InChI=1S/C25H33FN4O3/c1-8-18-15-20-21(24(31)30(18)19-11-9-17(26)10-12-19)23(33-16(2)3)22(29(20)7)25(32)28(6)14-13-27(4)5/h9-12,15-16H,8,13-14H2,1-7H3. The van der Waals surface area contributed by atoms with Gasteiger partial charge in [0, 0.05) is 38.6 Å². The summed E-state index contributed by atoms with van der Waals surface area (Å²) in [6.45, 7) is 6.93. The quantitative estimate of drug-likeness (QED) is 0.521. The Morgan fingerprint density at radius 2 is 1.76 bits per heavy atom. The Balaban J connectivity index is 2.30. The van der Waals surface area contributed by atoms with Crippen molar-refractivity contribution in [3.8, 4) is 11.4 Å².